The summed E-state index contributed by atoms with van der Waals surface area (Å²) in [5, 5.41) is 9.43. The Morgan fingerprint density at radius 2 is 2.55 bits per heavy atom. The van der Waals surface area contributed by atoms with Crippen LogP contribution in [0.15, 0.2) is 11.8 Å². The summed E-state index contributed by atoms with van der Waals surface area (Å²) in [4.78, 5) is 0. The summed E-state index contributed by atoms with van der Waals surface area (Å²) >= 11 is 5.48. The first kappa shape index (κ1) is 8.88. The molecule has 1 heterocycles. The van der Waals surface area contributed by atoms with Crippen molar-refractivity contribution in [1.82, 2.24) is 0 Å². The molecule has 0 aromatic heterocycles. The van der Waals surface area contributed by atoms with Gasteiger partial charge in [0, 0.05) is 12.3 Å². The molecule has 1 aliphatic heterocycles. The Morgan fingerprint density at radius 1 is 1.73 bits per heavy atom. The highest BCUT2D eigenvalue weighted by molar-refractivity contribution is 6.17. The number of hydrogen-bond acceptors (Lipinski definition) is 2. The quantitative estimate of drug-likeness (QED) is 0.661. The van der Waals surface area contributed by atoms with Gasteiger partial charge in [0.1, 0.15) is 11.9 Å². The zero-order valence-electron chi connectivity index (χ0n) is 6.42. The summed E-state index contributed by atoms with van der Waals surface area (Å²) in [7, 11) is 0. The molecule has 0 aromatic carbocycles. The Bertz CT molecular complexity index is 145. The van der Waals surface area contributed by atoms with E-state index in [2.05, 4.69) is 0 Å². The van der Waals surface area contributed by atoms with Gasteiger partial charge in [-0.3, -0.25) is 0 Å². The van der Waals surface area contributed by atoms with Crippen LogP contribution in [0.25, 0.3) is 0 Å². The summed E-state index contributed by atoms with van der Waals surface area (Å²) in [6.07, 6.45) is 3.97. The monoisotopic (exact) mass is 176 g/mol. The van der Waals surface area contributed by atoms with Crippen molar-refractivity contribution in [2.24, 2.45) is 0 Å². The Balaban J connectivity index is 2.23. The molecule has 1 rings (SSSR count). The van der Waals surface area contributed by atoms with Crippen LogP contribution in [0.4, 0.5) is 0 Å². The maximum absolute atomic E-state index is 9.43. The SMILES string of the molecule is OC(CCCCl)C1=CCCO1. The minimum absolute atomic E-state index is 0.434. The van der Waals surface area contributed by atoms with E-state index in [-0.39, 0.29) is 0 Å². The lowest BCUT2D eigenvalue weighted by atomic mass is 10.2. The molecule has 1 unspecified atom stereocenters. The van der Waals surface area contributed by atoms with E-state index in [1.54, 1.807) is 0 Å². The number of aliphatic hydroxyl groups is 1. The lowest BCUT2D eigenvalue weighted by molar-refractivity contribution is 0.111. The zero-order valence-corrected chi connectivity index (χ0v) is 7.18. The summed E-state index contributed by atoms with van der Waals surface area (Å²) in [6, 6.07) is 0. The van der Waals surface area contributed by atoms with Crippen molar-refractivity contribution in [3.63, 3.8) is 0 Å². The second-order valence-corrected chi connectivity index (χ2v) is 2.97. The fourth-order valence-corrected chi connectivity index (χ4v) is 1.24. The molecule has 1 N–H and O–H groups in total. The first-order chi connectivity index (χ1) is 5.34. The topological polar surface area (TPSA) is 29.5 Å². The molecule has 64 valence electrons. The Hall–Kier alpha value is -0.210. The second-order valence-electron chi connectivity index (χ2n) is 2.59. The maximum Gasteiger partial charge on any atom is 0.121 e. The van der Waals surface area contributed by atoms with Crippen LogP contribution in [0.5, 0.6) is 0 Å². The first-order valence-electron chi connectivity index (χ1n) is 3.91. The Morgan fingerprint density at radius 3 is 3.09 bits per heavy atom. The third-order valence-corrected chi connectivity index (χ3v) is 1.94. The number of rotatable bonds is 4. The third kappa shape index (κ3) is 2.72. The van der Waals surface area contributed by atoms with E-state index in [1.165, 1.54) is 0 Å². The number of ether oxygens (including phenoxy) is 1. The number of hydrogen-bond donors (Lipinski definition) is 1. The predicted molar refractivity (Wildman–Crippen MR) is 44.6 cm³/mol. The van der Waals surface area contributed by atoms with Gasteiger partial charge in [0.2, 0.25) is 0 Å². The van der Waals surface area contributed by atoms with Crippen molar-refractivity contribution in [1.29, 1.82) is 0 Å². The van der Waals surface area contributed by atoms with Gasteiger partial charge < -0.3 is 9.84 Å². The standard InChI is InChI=1S/C8H13ClO2/c9-5-1-3-7(10)8-4-2-6-11-8/h4,7,10H,1-3,5-6H2. The summed E-state index contributed by atoms with van der Waals surface area (Å²) < 4.78 is 5.18. The van der Waals surface area contributed by atoms with Gasteiger partial charge in [0.25, 0.3) is 0 Å². The molecule has 0 radical (unpaired) electrons. The molecule has 0 saturated carbocycles. The molecule has 0 aromatic rings. The van der Waals surface area contributed by atoms with Crippen molar-refractivity contribution in [3.8, 4) is 0 Å². The van der Waals surface area contributed by atoms with Crippen molar-refractivity contribution >= 4 is 11.6 Å². The lowest BCUT2D eigenvalue weighted by Gasteiger charge is -2.10. The number of halogens is 1. The van der Waals surface area contributed by atoms with E-state index in [9.17, 15) is 5.11 Å². The van der Waals surface area contributed by atoms with Gasteiger partial charge in [-0.1, -0.05) is 0 Å². The predicted octanol–water partition coefficient (Wildman–Crippen LogP) is 1.67. The van der Waals surface area contributed by atoms with E-state index in [4.69, 9.17) is 16.3 Å². The highest BCUT2D eigenvalue weighted by atomic mass is 35.5. The summed E-state index contributed by atoms with van der Waals surface area (Å²) in [5.41, 5.74) is 0. The van der Waals surface area contributed by atoms with Crippen molar-refractivity contribution in [2.45, 2.75) is 25.4 Å². The van der Waals surface area contributed by atoms with E-state index in [0.29, 0.717) is 18.9 Å². The first-order valence-corrected chi connectivity index (χ1v) is 4.45. The number of aliphatic hydroxyl groups excluding tert-OH is 1. The van der Waals surface area contributed by atoms with Crippen LogP contribution in [0.3, 0.4) is 0 Å². The van der Waals surface area contributed by atoms with E-state index in [0.717, 1.165) is 18.6 Å². The van der Waals surface area contributed by atoms with E-state index in [1.807, 2.05) is 6.08 Å². The zero-order chi connectivity index (χ0) is 8.10. The average Bonchev–Trinajstić information content (AvgIpc) is 2.52. The van der Waals surface area contributed by atoms with Gasteiger partial charge in [-0.2, -0.15) is 0 Å². The van der Waals surface area contributed by atoms with Crippen LogP contribution in [0.1, 0.15) is 19.3 Å². The molecule has 0 aliphatic carbocycles. The van der Waals surface area contributed by atoms with Crippen LogP contribution in [-0.4, -0.2) is 23.7 Å². The normalized spacial score (nSPS) is 19.3. The van der Waals surface area contributed by atoms with Gasteiger partial charge in [-0.25, -0.2) is 0 Å². The molecular weight excluding hydrogens is 164 g/mol. The van der Waals surface area contributed by atoms with Crippen LogP contribution < -0.4 is 0 Å². The molecule has 2 nitrogen and oxygen atoms in total. The van der Waals surface area contributed by atoms with Gasteiger partial charge in [0.05, 0.1) is 6.61 Å². The second kappa shape index (κ2) is 4.62. The molecule has 11 heavy (non-hydrogen) atoms. The van der Waals surface area contributed by atoms with Crippen molar-refractivity contribution in [3.05, 3.63) is 11.8 Å². The molecule has 0 amide bonds. The molecule has 1 atom stereocenters. The highest BCUT2D eigenvalue weighted by Gasteiger charge is 2.14. The van der Waals surface area contributed by atoms with Crippen LogP contribution >= 0.6 is 11.6 Å². The van der Waals surface area contributed by atoms with Crippen LogP contribution in [0.2, 0.25) is 0 Å². The van der Waals surface area contributed by atoms with Gasteiger partial charge in [-0.05, 0) is 18.9 Å². The van der Waals surface area contributed by atoms with Crippen molar-refractivity contribution in [2.75, 3.05) is 12.5 Å². The fraction of sp³-hybridized carbons (Fsp3) is 0.750. The van der Waals surface area contributed by atoms with Gasteiger partial charge in [0.15, 0.2) is 0 Å². The van der Waals surface area contributed by atoms with E-state index >= 15 is 0 Å². The highest BCUT2D eigenvalue weighted by Crippen LogP contribution is 2.16. The smallest absolute Gasteiger partial charge is 0.121 e. The minimum atomic E-state index is -0.434. The van der Waals surface area contributed by atoms with Crippen molar-refractivity contribution < 1.29 is 9.84 Å². The molecule has 0 spiro atoms. The molecule has 0 saturated heterocycles. The molecule has 0 fully saturated rings. The number of alkyl halides is 1. The third-order valence-electron chi connectivity index (χ3n) is 1.67. The Kier molecular flexibility index (Phi) is 3.73. The van der Waals surface area contributed by atoms with Gasteiger partial charge in [-0.15, -0.1) is 11.6 Å². The molecule has 3 heteroatoms. The molecule has 1 aliphatic rings. The summed E-state index contributed by atoms with van der Waals surface area (Å²) in [6.45, 7) is 0.716. The summed E-state index contributed by atoms with van der Waals surface area (Å²) in [5.74, 6) is 1.33. The molecular formula is C8H13ClO2. The Labute approximate surface area is 71.8 Å². The fourth-order valence-electron chi connectivity index (χ4n) is 1.08. The minimum Gasteiger partial charge on any atom is -0.495 e. The largest absolute Gasteiger partial charge is 0.495 e. The van der Waals surface area contributed by atoms with Crippen LogP contribution in [-0.2, 0) is 4.74 Å². The van der Waals surface area contributed by atoms with Crippen LogP contribution in [0, 0.1) is 0 Å². The van der Waals surface area contributed by atoms with Gasteiger partial charge >= 0.3 is 0 Å². The van der Waals surface area contributed by atoms with E-state index < -0.39 is 6.10 Å². The average molecular weight is 177 g/mol. The molecule has 0 bridgehead atoms. The lowest BCUT2D eigenvalue weighted by Crippen LogP contribution is -2.10. The maximum atomic E-state index is 9.43.